The average molecular weight is 315 g/mol. The van der Waals surface area contributed by atoms with E-state index in [1.54, 1.807) is 19.2 Å². The van der Waals surface area contributed by atoms with Gasteiger partial charge in [0.25, 0.3) is 0 Å². The molecule has 1 aromatic carbocycles. The fourth-order valence-electron chi connectivity index (χ4n) is 2.38. The number of hydrogen-bond donors (Lipinski definition) is 1. The van der Waals surface area contributed by atoms with E-state index in [4.69, 9.17) is 11.6 Å². The topological polar surface area (TPSA) is 59.8 Å². The van der Waals surface area contributed by atoms with Gasteiger partial charge in [0, 0.05) is 12.7 Å². The van der Waals surface area contributed by atoms with Gasteiger partial charge >= 0.3 is 5.69 Å². The van der Waals surface area contributed by atoms with Crippen LogP contribution in [0.2, 0.25) is 5.02 Å². The molecule has 0 saturated carbocycles. The Morgan fingerprint density at radius 1 is 1.18 bits per heavy atom. The number of fused-ring (bicyclic) bond motifs is 1. The fourth-order valence-corrected chi connectivity index (χ4v) is 2.60. The number of anilines is 1. The van der Waals surface area contributed by atoms with Gasteiger partial charge in [0.05, 0.1) is 16.1 Å². The molecular weight excluding hydrogens is 300 g/mol. The van der Waals surface area contributed by atoms with Crippen LogP contribution in [0.3, 0.4) is 0 Å². The van der Waals surface area contributed by atoms with E-state index in [1.165, 1.54) is 4.57 Å². The summed E-state index contributed by atoms with van der Waals surface area (Å²) >= 11 is 6.25. The van der Waals surface area contributed by atoms with Crippen LogP contribution in [0, 0.1) is 0 Å². The third-order valence-electron chi connectivity index (χ3n) is 3.49. The van der Waals surface area contributed by atoms with Crippen molar-refractivity contribution in [2.24, 2.45) is 0 Å². The number of benzene rings is 1. The molecule has 3 rings (SSSR count). The Bertz CT molecular complexity index is 904. The van der Waals surface area contributed by atoms with Gasteiger partial charge in [0.1, 0.15) is 5.82 Å². The zero-order valence-corrected chi connectivity index (χ0v) is 13.1. The number of pyridine rings is 1. The summed E-state index contributed by atoms with van der Waals surface area (Å²) in [7, 11) is 1.73. The Morgan fingerprint density at radius 2 is 1.95 bits per heavy atom. The first-order chi connectivity index (χ1) is 10.7. The maximum absolute atomic E-state index is 12.5. The quantitative estimate of drug-likeness (QED) is 0.807. The molecule has 0 aliphatic rings. The second kappa shape index (κ2) is 5.77. The zero-order valence-electron chi connectivity index (χ0n) is 12.3. The molecule has 0 fully saturated rings. The molecule has 2 heterocycles. The van der Waals surface area contributed by atoms with E-state index in [9.17, 15) is 4.79 Å². The van der Waals surface area contributed by atoms with E-state index in [0.717, 1.165) is 17.5 Å². The molecule has 0 bridgehead atoms. The molecule has 1 N–H and O–H groups in total. The maximum Gasteiger partial charge on any atom is 0.355 e. The maximum atomic E-state index is 12.5. The number of aromatic nitrogens is 3. The third kappa shape index (κ3) is 2.33. The van der Waals surface area contributed by atoms with Crippen molar-refractivity contribution in [3.05, 3.63) is 57.6 Å². The van der Waals surface area contributed by atoms with Crippen LogP contribution in [0.25, 0.3) is 16.7 Å². The first-order valence-electron chi connectivity index (χ1n) is 7.01. The highest BCUT2D eigenvalue weighted by atomic mass is 35.5. The molecule has 112 valence electrons. The smallest absolute Gasteiger partial charge is 0.355 e. The van der Waals surface area contributed by atoms with Crippen LogP contribution in [0.4, 0.5) is 5.82 Å². The number of rotatable bonds is 3. The Balaban J connectivity index is 2.46. The summed E-state index contributed by atoms with van der Waals surface area (Å²) in [6, 6.07) is 11.0. The van der Waals surface area contributed by atoms with Crippen molar-refractivity contribution in [2.45, 2.75) is 13.3 Å². The Morgan fingerprint density at radius 3 is 2.64 bits per heavy atom. The number of nitrogens with zero attached hydrogens (tertiary/aromatic N) is 3. The molecule has 0 aliphatic carbocycles. The van der Waals surface area contributed by atoms with Crippen molar-refractivity contribution >= 4 is 28.5 Å². The summed E-state index contributed by atoms with van der Waals surface area (Å²) in [5, 5.41) is 4.20. The second-order valence-corrected chi connectivity index (χ2v) is 5.21. The third-order valence-corrected chi connectivity index (χ3v) is 3.81. The molecular formula is C16H15ClN4O. The number of hydrogen-bond acceptors (Lipinski definition) is 4. The summed E-state index contributed by atoms with van der Waals surface area (Å²) in [5.41, 5.74) is 1.62. The molecule has 5 nitrogen and oxygen atoms in total. The fraction of sp³-hybridized carbons (Fsp3) is 0.188. The lowest BCUT2D eigenvalue weighted by atomic mass is 10.2. The lowest BCUT2D eigenvalue weighted by molar-refractivity contribution is 0.927. The van der Waals surface area contributed by atoms with Gasteiger partial charge in [-0.05, 0) is 30.7 Å². The minimum absolute atomic E-state index is 0.411. The number of para-hydroxylation sites is 1. The normalized spacial score (nSPS) is 10.9. The van der Waals surface area contributed by atoms with E-state index in [2.05, 4.69) is 15.3 Å². The SMILES string of the molecule is CCc1ccc2c(NC)nc(=O)n(-c3ccccc3Cl)c2n1. The summed E-state index contributed by atoms with van der Waals surface area (Å²) in [5.74, 6) is 0.512. The highest BCUT2D eigenvalue weighted by molar-refractivity contribution is 6.32. The van der Waals surface area contributed by atoms with Crippen LogP contribution in [-0.4, -0.2) is 21.6 Å². The molecule has 0 aliphatic heterocycles. The van der Waals surface area contributed by atoms with Crippen molar-refractivity contribution < 1.29 is 0 Å². The van der Waals surface area contributed by atoms with Gasteiger partial charge in [0.15, 0.2) is 5.65 Å². The van der Waals surface area contributed by atoms with Crippen molar-refractivity contribution in [2.75, 3.05) is 12.4 Å². The first-order valence-corrected chi connectivity index (χ1v) is 7.39. The van der Waals surface area contributed by atoms with Gasteiger partial charge in [-0.25, -0.2) is 14.3 Å². The van der Waals surface area contributed by atoms with Crippen molar-refractivity contribution in [1.82, 2.24) is 14.5 Å². The lowest BCUT2D eigenvalue weighted by Crippen LogP contribution is -2.24. The summed E-state index contributed by atoms with van der Waals surface area (Å²) in [6.45, 7) is 2.02. The monoisotopic (exact) mass is 314 g/mol. The predicted molar refractivity (Wildman–Crippen MR) is 89.1 cm³/mol. The van der Waals surface area contributed by atoms with Gasteiger partial charge in [-0.15, -0.1) is 0 Å². The Labute approximate surface area is 132 Å². The second-order valence-electron chi connectivity index (χ2n) is 4.81. The molecule has 22 heavy (non-hydrogen) atoms. The van der Waals surface area contributed by atoms with E-state index in [1.807, 2.05) is 31.2 Å². The van der Waals surface area contributed by atoms with Gasteiger partial charge in [-0.2, -0.15) is 4.98 Å². The highest BCUT2D eigenvalue weighted by Crippen LogP contribution is 2.24. The molecule has 6 heteroatoms. The van der Waals surface area contributed by atoms with Crippen molar-refractivity contribution in [1.29, 1.82) is 0 Å². The predicted octanol–water partition coefficient (Wildman–Crippen LogP) is 3.04. The summed E-state index contributed by atoms with van der Waals surface area (Å²) < 4.78 is 1.46. The van der Waals surface area contributed by atoms with Crippen LogP contribution in [-0.2, 0) is 6.42 Å². The molecule has 0 amide bonds. The van der Waals surface area contributed by atoms with E-state index in [0.29, 0.717) is 22.2 Å². The van der Waals surface area contributed by atoms with Crippen LogP contribution < -0.4 is 11.0 Å². The number of aryl methyl sites for hydroxylation is 1. The Kier molecular flexibility index (Phi) is 3.81. The number of halogens is 1. The Hall–Kier alpha value is -2.40. The molecule has 2 aromatic heterocycles. The molecule has 0 spiro atoms. The van der Waals surface area contributed by atoms with Crippen molar-refractivity contribution in [3.8, 4) is 5.69 Å². The van der Waals surface area contributed by atoms with Crippen LogP contribution in [0.1, 0.15) is 12.6 Å². The lowest BCUT2D eigenvalue weighted by Gasteiger charge is -2.13. The van der Waals surface area contributed by atoms with Crippen LogP contribution in [0.5, 0.6) is 0 Å². The van der Waals surface area contributed by atoms with E-state index >= 15 is 0 Å². The molecule has 0 unspecified atom stereocenters. The molecule has 3 aromatic rings. The molecule has 0 radical (unpaired) electrons. The molecule has 0 saturated heterocycles. The van der Waals surface area contributed by atoms with E-state index < -0.39 is 5.69 Å². The summed E-state index contributed by atoms with van der Waals surface area (Å²) in [4.78, 5) is 21.2. The number of nitrogens with one attached hydrogen (secondary N) is 1. The zero-order chi connectivity index (χ0) is 15.7. The van der Waals surface area contributed by atoms with Crippen LogP contribution >= 0.6 is 11.6 Å². The highest BCUT2D eigenvalue weighted by Gasteiger charge is 2.14. The minimum Gasteiger partial charge on any atom is -0.372 e. The average Bonchev–Trinajstić information content (AvgIpc) is 2.54. The van der Waals surface area contributed by atoms with E-state index in [-0.39, 0.29) is 0 Å². The molecule has 0 atom stereocenters. The van der Waals surface area contributed by atoms with Gasteiger partial charge in [-0.1, -0.05) is 30.7 Å². The van der Waals surface area contributed by atoms with Gasteiger partial charge in [-0.3, -0.25) is 0 Å². The summed E-state index contributed by atoms with van der Waals surface area (Å²) in [6.07, 6.45) is 0.782. The largest absolute Gasteiger partial charge is 0.372 e. The first kappa shape index (κ1) is 14.5. The standard InChI is InChI=1S/C16H15ClN4O/c1-3-10-8-9-11-14(18-2)20-16(22)21(15(11)19-10)13-7-5-4-6-12(13)17/h4-9H,3H2,1-2H3,(H,18,20,22). The van der Waals surface area contributed by atoms with Gasteiger partial charge in [0.2, 0.25) is 0 Å². The van der Waals surface area contributed by atoms with Gasteiger partial charge < -0.3 is 5.32 Å². The van der Waals surface area contributed by atoms with Crippen molar-refractivity contribution in [3.63, 3.8) is 0 Å². The van der Waals surface area contributed by atoms with Crippen LogP contribution in [0.15, 0.2) is 41.2 Å². The minimum atomic E-state index is -0.411.